The summed E-state index contributed by atoms with van der Waals surface area (Å²) in [5.41, 5.74) is 0. The molecule has 2 aliphatic heterocycles. The molecule has 2 aromatic rings. The van der Waals surface area contributed by atoms with Crippen LogP contribution in [0.3, 0.4) is 0 Å². The van der Waals surface area contributed by atoms with Crippen molar-refractivity contribution >= 4 is 11.7 Å². The average Bonchev–Trinajstić information content (AvgIpc) is 3.32. The van der Waals surface area contributed by atoms with Crippen LogP contribution in [0.4, 0.5) is 5.82 Å². The molecule has 30 heavy (non-hydrogen) atoms. The molecule has 0 spiro atoms. The number of hydrogen-bond acceptors (Lipinski definition) is 5. The first-order chi connectivity index (χ1) is 14.8. The summed E-state index contributed by atoms with van der Waals surface area (Å²) in [6.45, 7) is 7.79. The Bertz CT molecular complexity index is 757. The molecule has 2 aliphatic rings. The van der Waals surface area contributed by atoms with Crippen LogP contribution >= 0.6 is 0 Å². The van der Waals surface area contributed by atoms with Gasteiger partial charge >= 0.3 is 0 Å². The number of piperidine rings is 1. The molecule has 162 valence electrons. The summed E-state index contributed by atoms with van der Waals surface area (Å²) < 4.78 is 2.01. The highest BCUT2D eigenvalue weighted by atomic mass is 16.2. The summed E-state index contributed by atoms with van der Waals surface area (Å²) in [6.07, 6.45) is 11.1. The van der Waals surface area contributed by atoms with E-state index >= 15 is 0 Å². The molecular weight excluding hydrogens is 376 g/mol. The Morgan fingerprint density at radius 1 is 1.03 bits per heavy atom. The SMILES string of the molecule is O=C(CCC1CCCN(CCCn2cccn2)C1)N1CCN(c2ccccn2)CC1. The molecule has 2 fully saturated rings. The van der Waals surface area contributed by atoms with Crippen molar-refractivity contribution in [1.29, 1.82) is 0 Å². The smallest absolute Gasteiger partial charge is 0.222 e. The first kappa shape index (κ1) is 20.8. The van der Waals surface area contributed by atoms with Gasteiger partial charge in [-0.2, -0.15) is 5.10 Å². The van der Waals surface area contributed by atoms with Gasteiger partial charge in [0, 0.05) is 64.3 Å². The van der Waals surface area contributed by atoms with Gasteiger partial charge in [0.1, 0.15) is 5.82 Å². The van der Waals surface area contributed by atoms with Crippen molar-refractivity contribution in [1.82, 2.24) is 24.6 Å². The van der Waals surface area contributed by atoms with Gasteiger partial charge in [0.25, 0.3) is 0 Å². The quantitative estimate of drug-likeness (QED) is 0.669. The van der Waals surface area contributed by atoms with Crippen molar-refractivity contribution in [3.05, 3.63) is 42.9 Å². The molecule has 1 amide bonds. The number of carbonyl (C=O) groups excluding carboxylic acids is 1. The fourth-order valence-corrected chi connectivity index (χ4v) is 4.69. The van der Waals surface area contributed by atoms with E-state index in [0.29, 0.717) is 18.2 Å². The minimum absolute atomic E-state index is 0.325. The van der Waals surface area contributed by atoms with Crippen LogP contribution in [0.1, 0.15) is 32.1 Å². The molecule has 0 aromatic carbocycles. The lowest BCUT2D eigenvalue weighted by atomic mass is 9.93. The van der Waals surface area contributed by atoms with Gasteiger partial charge in [-0.1, -0.05) is 6.07 Å². The molecule has 0 bridgehead atoms. The largest absolute Gasteiger partial charge is 0.353 e. The zero-order valence-electron chi connectivity index (χ0n) is 17.9. The number of rotatable bonds is 8. The average molecular weight is 411 g/mol. The lowest BCUT2D eigenvalue weighted by Crippen LogP contribution is -2.49. The summed E-state index contributed by atoms with van der Waals surface area (Å²) in [5.74, 6) is 1.99. The molecule has 7 nitrogen and oxygen atoms in total. The summed E-state index contributed by atoms with van der Waals surface area (Å²) in [5, 5.41) is 4.28. The van der Waals surface area contributed by atoms with E-state index in [4.69, 9.17) is 0 Å². The molecule has 2 aromatic heterocycles. The van der Waals surface area contributed by atoms with Crippen molar-refractivity contribution in [3.63, 3.8) is 0 Å². The third-order valence-electron chi connectivity index (χ3n) is 6.40. The maximum atomic E-state index is 12.7. The van der Waals surface area contributed by atoms with Crippen LogP contribution < -0.4 is 4.90 Å². The van der Waals surface area contributed by atoms with Crippen molar-refractivity contribution in [2.24, 2.45) is 5.92 Å². The monoisotopic (exact) mass is 410 g/mol. The van der Waals surface area contributed by atoms with E-state index in [0.717, 1.165) is 64.5 Å². The van der Waals surface area contributed by atoms with E-state index in [1.807, 2.05) is 52.4 Å². The van der Waals surface area contributed by atoms with Gasteiger partial charge in [-0.15, -0.1) is 0 Å². The number of aryl methyl sites for hydroxylation is 1. The predicted molar refractivity (Wildman–Crippen MR) is 118 cm³/mol. The molecule has 2 saturated heterocycles. The van der Waals surface area contributed by atoms with E-state index in [1.54, 1.807) is 0 Å². The minimum atomic E-state index is 0.325. The Balaban J connectivity index is 1.14. The van der Waals surface area contributed by atoms with Crippen LogP contribution in [0.15, 0.2) is 42.9 Å². The standard InChI is InChI=1S/C23H34N6O/c30-23(28-18-16-27(17-19-28)22-7-1-2-10-24-22)9-8-21-6-3-12-26(20-21)13-5-15-29-14-4-11-25-29/h1-2,4,7,10-11,14,21H,3,5-6,8-9,12-13,15-20H2. The first-order valence-electron chi connectivity index (χ1n) is 11.4. The zero-order chi connectivity index (χ0) is 20.6. The van der Waals surface area contributed by atoms with E-state index in [9.17, 15) is 4.79 Å². The summed E-state index contributed by atoms with van der Waals surface area (Å²) in [6, 6.07) is 7.98. The zero-order valence-corrected chi connectivity index (χ0v) is 17.9. The third-order valence-corrected chi connectivity index (χ3v) is 6.40. The van der Waals surface area contributed by atoms with Crippen LogP contribution in [0.25, 0.3) is 0 Å². The molecule has 1 unspecified atom stereocenters. The van der Waals surface area contributed by atoms with Crippen molar-refractivity contribution in [2.75, 3.05) is 50.7 Å². The van der Waals surface area contributed by atoms with E-state index < -0.39 is 0 Å². The van der Waals surface area contributed by atoms with E-state index in [-0.39, 0.29) is 0 Å². The number of piperazine rings is 1. The predicted octanol–water partition coefficient (Wildman–Crippen LogP) is 2.51. The number of hydrogen-bond donors (Lipinski definition) is 0. The van der Waals surface area contributed by atoms with Gasteiger partial charge in [0.05, 0.1) is 0 Å². The third kappa shape index (κ3) is 5.81. The number of carbonyl (C=O) groups is 1. The van der Waals surface area contributed by atoms with Crippen molar-refractivity contribution in [3.8, 4) is 0 Å². The topological polar surface area (TPSA) is 57.5 Å². The van der Waals surface area contributed by atoms with Crippen molar-refractivity contribution in [2.45, 2.75) is 38.6 Å². The maximum Gasteiger partial charge on any atom is 0.222 e. The number of likely N-dealkylation sites (tertiary alicyclic amines) is 1. The first-order valence-corrected chi connectivity index (χ1v) is 11.4. The molecule has 0 aliphatic carbocycles. The van der Waals surface area contributed by atoms with E-state index in [2.05, 4.69) is 19.9 Å². The fourth-order valence-electron chi connectivity index (χ4n) is 4.69. The second kappa shape index (κ2) is 10.6. The molecule has 4 heterocycles. The molecule has 0 N–H and O–H groups in total. The Hall–Kier alpha value is -2.41. The summed E-state index contributed by atoms with van der Waals surface area (Å²) >= 11 is 0. The van der Waals surface area contributed by atoms with Gasteiger partial charge in [-0.05, 0) is 62.9 Å². The fraction of sp³-hybridized carbons (Fsp3) is 0.609. The maximum absolute atomic E-state index is 12.7. The Morgan fingerprint density at radius 3 is 2.70 bits per heavy atom. The van der Waals surface area contributed by atoms with Gasteiger partial charge in [0.15, 0.2) is 0 Å². The minimum Gasteiger partial charge on any atom is -0.353 e. The Morgan fingerprint density at radius 2 is 1.93 bits per heavy atom. The highest BCUT2D eigenvalue weighted by Crippen LogP contribution is 2.22. The second-order valence-electron chi connectivity index (χ2n) is 8.53. The lowest BCUT2D eigenvalue weighted by Gasteiger charge is -2.36. The number of aromatic nitrogens is 3. The van der Waals surface area contributed by atoms with Crippen LogP contribution in [0.2, 0.25) is 0 Å². The normalized spacial score (nSPS) is 20.5. The number of amides is 1. The van der Waals surface area contributed by atoms with Gasteiger partial charge in [-0.25, -0.2) is 4.98 Å². The summed E-state index contributed by atoms with van der Waals surface area (Å²) in [4.78, 5) is 24.1. The van der Waals surface area contributed by atoms with Crippen LogP contribution in [-0.2, 0) is 11.3 Å². The molecular formula is C23H34N6O. The van der Waals surface area contributed by atoms with Crippen LogP contribution in [0, 0.1) is 5.92 Å². The molecule has 4 rings (SSSR count). The Kier molecular flexibility index (Phi) is 7.34. The number of nitrogens with zero attached hydrogens (tertiary/aromatic N) is 6. The van der Waals surface area contributed by atoms with E-state index in [1.165, 1.54) is 19.4 Å². The van der Waals surface area contributed by atoms with Crippen LogP contribution in [-0.4, -0.2) is 76.3 Å². The van der Waals surface area contributed by atoms with Crippen molar-refractivity contribution < 1.29 is 4.79 Å². The second-order valence-corrected chi connectivity index (χ2v) is 8.53. The highest BCUT2D eigenvalue weighted by Gasteiger charge is 2.24. The Labute approximate surface area is 179 Å². The van der Waals surface area contributed by atoms with Crippen LogP contribution in [0.5, 0.6) is 0 Å². The number of pyridine rings is 1. The summed E-state index contributed by atoms with van der Waals surface area (Å²) in [7, 11) is 0. The molecule has 1 atom stereocenters. The number of anilines is 1. The lowest BCUT2D eigenvalue weighted by molar-refractivity contribution is -0.131. The molecule has 0 radical (unpaired) electrons. The molecule has 0 saturated carbocycles. The highest BCUT2D eigenvalue weighted by molar-refractivity contribution is 5.76. The molecule has 7 heteroatoms. The van der Waals surface area contributed by atoms with Gasteiger partial charge in [-0.3, -0.25) is 9.48 Å². The van der Waals surface area contributed by atoms with Gasteiger partial charge < -0.3 is 14.7 Å². The van der Waals surface area contributed by atoms with Gasteiger partial charge in [0.2, 0.25) is 5.91 Å².